The van der Waals surface area contributed by atoms with Gasteiger partial charge in [0.05, 0.1) is 31.8 Å². The van der Waals surface area contributed by atoms with Gasteiger partial charge in [-0.25, -0.2) is 0 Å². The monoisotopic (exact) mass is 417 g/mol. The Balaban J connectivity index is 1.63. The number of thiocarbonyl (C=S) groups is 1. The second kappa shape index (κ2) is 10.1. The average molecular weight is 418 g/mol. The lowest BCUT2D eigenvalue weighted by atomic mass is 10.0. The quantitative estimate of drug-likeness (QED) is 0.358. The third-order valence-electron chi connectivity index (χ3n) is 4.95. The molecule has 3 rings (SSSR count). The van der Waals surface area contributed by atoms with Gasteiger partial charge in [-0.2, -0.15) is 0 Å². The number of rotatable bonds is 7. The Hall–Kier alpha value is -2.75. The third-order valence-corrected chi connectivity index (χ3v) is 5.20. The van der Waals surface area contributed by atoms with Crippen LogP contribution in [0, 0.1) is 10.1 Å². The molecular formula is C20H25N4O4S+. The van der Waals surface area contributed by atoms with Gasteiger partial charge in [-0.05, 0) is 48.6 Å². The van der Waals surface area contributed by atoms with Crippen molar-refractivity contribution < 1.29 is 19.3 Å². The largest absolute Gasteiger partial charge is 0.497 e. The van der Waals surface area contributed by atoms with Crippen LogP contribution in [0.15, 0.2) is 48.5 Å². The summed E-state index contributed by atoms with van der Waals surface area (Å²) in [6.45, 7) is 4.00. The first-order chi connectivity index (χ1) is 14.1. The molecule has 1 heterocycles. The fraction of sp³-hybridized carbons (Fsp3) is 0.350. The van der Waals surface area contributed by atoms with Crippen LogP contribution in [0.3, 0.4) is 0 Å². The number of nitro groups is 1. The number of hydrogen-bond donors (Lipinski definition) is 3. The van der Waals surface area contributed by atoms with Crippen LogP contribution in [-0.2, 0) is 4.74 Å². The summed E-state index contributed by atoms with van der Waals surface area (Å²) >= 11 is 5.42. The summed E-state index contributed by atoms with van der Waals surface area (Å²) in [5.74, 6) is 0.827. The summed E-state index contributed by atoms with van der Waals surface area (Å²) < 4.78 is 10.8. The number of nitrogens with zero attached hydrogens (tertiary/aromatic N) is 1. The molecule has 8 nitrogen and oxygen atoms in total. The molecule has 0 aromatic heterocycles. The summed E-state index contributed by atoms with van der Waals surface area (Å²) in [7, 11) is 1.66. The van der Waals surface area contributed by atoms with E-state index in [0.29, 0.717) is 17.3 Å². The van der Waals surface area contributed by atoms with E-state index < -0.39 is 4.92 Å². The van der Waals surface area contributed by atoms with Gasteiger partial charge in [-0.3, -0.25) is 10.1 Å². The molecule has 0 saturated carbocycles. The van der Waals surface area contributed by atoms with E-state index >= 15 is 0 Å². The van der Waals surface area contributed by atoms with E-state index in [9.17, 15) is 10.1 Å². The minimum atomic E-state index is -0.426. The normalized spacial score (nSPS) is 15.3. The molecule has 2 aromatic rings. The molecule has 1 atom stereocenters. The SMILES string of the molecule is COc1ccc([C@@H](CNC(=S)Nc2ccc([N+](=O)[O-])cc2)[NH+]2CCOCC2)cc1. The minimum absolute atomic E-state index is 0.0462. The van der Waals surface area contributed by atoms with E-state index in [1.807, 2.05) is 12.1 Å². The fourth-order valence-electron chi connectivity index (χ4n) is 3.35. The number of anilines is 1. The molecular weight excluding hydrogens is 392 g/mol. The summed E-state index contributed by atoms with van der Waals surface area (Å²) in [6.07, 6.45) is 0. The zero-order valence-electron chi connectivity index (χ0n) is 16.2. The highest BCUT2D eigenvalue weighted by Gasteiger charge is 2.26. The van der Waals surface area contributed by atoms with Gasteiger partial charge < -0.3 is 25.0 Å². The van der Waals surface area contributed by atoms with Gasteiger partial charge in [0.1, 0.15) is 24.9 Å². The van der Waals surface area contributed by atoms with Crippen LogP contribution in [0.25, 0.3) is 0 Å². The molecule has 154 valence electrons. The van der Waals surface area contributed by atoms with Gasteiger partial charge in [0.15, 0.2) is 5.11 Å². The molecule has 1 saturated heterocycles. The van der Waals surface area contributed by atoms with Crippen molar-refractivity contribution in [2.45, 2.75) is 6.04 Å². The lowest BCUT2D eigenvalue weighted by Gasteiger charge is -2.32. The van der Waals surface area contributed by atoms with Gasteiger partial charge in [0.25, 0.3) is 5.69 Å². The van der Waals surface area contributed by atoms with Crippen LogP contribution in [0.4, 0.5) is 11.4 Å². The standard InChI is InChI=1S/C20H24N4O4S/c1-27-18-8-2-15(3-9-18)19(23-10-12-28-13-11-23)14-21-20(29)22-16-4-6-17(7-5-16)24(25)26/h2-9,19H,10-14H2,1H3,(H2,21,22,29)/p+1/t19-/m1/s1. The predicted octanol–water partition coefficient (Wildman–Crippen LogP) is 1.55. The minimum Gasteiger partial charge on any atom is -0.497 e. The Morgan fingerprint density at radius 1 is 1.21 bits per heavy atom. The van der Waals surface area contributed by atoms with Crippen LogP contribution in [0.5, 0.6) is 5.75 Å². The topological polar surface area (TPSA) is 90.1 Å². The summed E-state index contributed by atoms with van der Waals surface area (Å²) in [5.41, 5.74) is 1.95. The van der Waals surface area contributed by atoms with Crippen molar-refractivity contribution in [2.75, 3.05) is 45.3 Å². The van der Waals surface area contributed by atoms with Gasteiger partial charge in [-0.1, -0.05) is 0 Å². The second-order valence-corrected chi connectivity index (χ2v) is 7.14. The van der Waals surface area contributed by atoms with Crippen molar-refractivity contribution >= 4 is 28.7 Å². The van der Waals surface area contributed by atoms with E-state index in [-0.39, 0.29) is 11.7 Å². The molecule has 3 N–H and O–H groups in total. The lowest BCUT2D eigenvalue weighted by Crippen LogP contribution is -3.15. The molecule has 0 radical (unpaired) electrons. The maximum Gasteiger partial charge on any atom is 0.269 e. The molecule has 9 heteroatoms. The number of quaternary nitrogens is 1. The number of morpholine rings is 1. The van der Waals surface area contributed by atoms with Crippen LogP contribution in [0.2, 0.25) is 0 Å². The second-order valence-electron chi connectivity index (χ2n) is 6.74. The Kier molecular flexibility index (Phi) is 7.34. The molecule has 0 amide bonds. The maximum atomic E-state index is 10.8. The van der Waals surface area contributed by atoms with Crippen molar-refractivity contribution in [3.8, 4) is 5.75 Å². The third kappa shape index (κ3) is 5.86. The van der Waals surface area contributed by atoms with E-state index in [1.165, 1.54) is 22.6 Å². The average Bonchev–Trinajstić information content (AvgIpc) is 2.75. The molecule has 29 heavy (non-hydrogen) atoms. The summed E-state index contributed by atoms with van der Waals surface area (Å²) in [6, 6.07) is 14.5. The van der Waals surface area contributed by atoms with Crippen LogP contribution >= 0.6 is 12.2 Å². The number of non-ortho nitro benzene ring substituents is 1. The zero-order valence-corrected chi connectivity index (χ0v) is 17.0. The summed E-state index contributed by atoms with van der Waals surface area (Å²) in [5, 5.41) is 17.6. The van der Waals surface area contributed by atoms with Gasteiger partial charge in [-0.15, -0.1) is 0 Å². The van der Waals surface area contributed by atoms with Crippen molar-refractivity contribution in [1.82, 2.24) is 5.32 Å². The number of hydrogen-bond acceptors (Lipinski definition) is 5. The molecule has 1 aliphatic heterocycles. The Morgan fingerprint density at radius 3 is 2.45 bits per heavy atom. The highest BCUT2D eigenvalue weighted by molar-refractivity contribution is 7.80. The van der Waals surface area contributed by atoms with Gasteiger partial charge in [0.2, 0.25) is 0 Å². The molecule has 1 fully saturated rings. The number of nitro benzene ring substituents is 1. The highest BCUT2D eigenvalue weighted by Crippen LogP contribution is 2.17. The van der Waals surface area contributed by atoms with Crippen LogP contribution < -0.4 is 20.3 Å². The van der Waals surface area contributed by atoms with E-state index in [4.69, 9.17) is 21.7 Å². The molecule has 0 unspecified atom stereocenters. The predicted molar refractivity (Wildman–Crippen MR) is 115 cm³/mol. The maximum absolute atomic E-state index is 10.8. The Labute approximate surface area is 175 Å². The van der Waals surface area contributed by atoms with Crippen molar-refractivity contribution in [3.63, 3.8) is 0 Å². The van der Waals surface area contributed by atoms with E-state index in [0.717, 1.165) is 32.1 Å². The number of methoxy groups -OCH3 is 1. The van der Waals surface area contributed by atoms with Crippen LogP contribution in [-0.4, -0.2) is 50.0 Å². The van der Waals surface area contributed by atoms with Crippen LogP contribution in [0.1, 0.15) is 11.6 Å². The van der Waals surface area contributed by atoms with E-state index in [1.54, 1.807) is 19.2 Å². The molecule has 0 aliphatic carbocycles. The molecule has 1 aliphatic rings. The summed E-state index contributed by atoms with van der Waals surface area (Å²) in [4.78, 5) is 11.8. The number of nitrogens with one attached hydrogen (secondary N) is 3. The van der Waals surface area contributed by atoms with Gasteiger partial charge in [0, 0.05) is 23.4 Å². The zero-order chi connectivity index (χ0) is 20.6. The number of ether oxygens (including phenoxy) is 2. The first-order valence-electron chi connectivity index (χ1n) is 9.42. The molecule has 0 spiro atoms. The Morgan fingerprint density at radius 2 is 1.86 bits per heavy atom. The number of benzene rings is 2. The van der Waals surface area contributed by atoms with Gasteiger partial charge >= 0.3 is 0 Å². The smallest absolute Gasteiger partial charge is 0.269 e. The fourth-order valence-corrected chi connectivity index (χ4v) is 3.55. The Bertz CT molecular complexity index is 823. The molecule has 2 aromatic carbocycles. The molecule has 0 bridgehead atoms. The van der Waals surface area contributed by atoms with Crippen molar-refractivity contribution in [2.24, 2.45) is 0 Å². The first kappa shape index (κ1) is 21.0. The van der Waals surface area contributed by atoms with Crippen molar-refractivity contribution in [1.29, 1.82) is 0 Å². The first-order valence-corrected chi connectivity index (χ1v) is 9.83. The van der Waals surface area contributed by atoms with Crippen molar-refractivity contribution in [3.05, 3.63) is 64.2 Å². The highest BCUT2D eigenvalue weighted by atomic mass is 32.1. The van der Waals surface area contributed by atoms with E-state index in [2.05, 4.69) is 22.8 Å². The lowest BCUT2D eigenvalue weighted by molar-refractivity contribution is -0.937.